The van der Waals surface area contributed by atoms with Crippen molar-refractivity contribution in [2.75, 3.05) is 6.16 Å². The molecule has 2 amide bonds. The van der Waals surface area contributed by atoms with Crippen LogP contribution in [0.15, 0.2) is 78.9 Å². The number of ether oxygens (including phenoxy) is 1. The Balaban J connectivity index is 2.18. The van der Waals surface area contributed by atoms with Crippen molar-refractivity contribution in [1.29, 1.82) is 0 Å². The minimum atomic E-state index is -5.00. The summed E-state index contributed by atoms with van der Waals surface area (Å²) in [5.74, 6) is -1.02. The Bertz CT molecular complexity index is 1450. The van der Waals surface area contributed by atoms with E-state index in [1.807, 2.05) is 38.1 Å². The van der Waals surface area contributed by atoms with Gasteiger partial charge in [-0.2, -0.15) is 26.3 Å². The Hall–Kier alpha value is -3.59. The van der Waals surface area contributed by atoms with Crippen molar-refractivity contribution < 1.29 is 40.7 Å². The van der Waals surface area contributed by atoms with E-state index in [1.165, 1.54) is 0 Å². The summed E-state index contributed by atoms with van der Waals surface area (Å²) in [5.41, 5.74) is -3.67. The summed E-state index contributed by atoms with van der Waals surface area (Å²) in [6, 6.07) is 18.2. The predicted molar refractivity (Wildman–Crippen MR) is 179 cm³/mol. The van der Waals surface area contributed by atoms with Gasteiger partial charge < -0.3 is 15.4 Å². The highest BCUT2D eigenvalue weighted by atomic mass is 31.2. The molecule has 0 saturated carbocycles. The van der Waals surface area contributed by atoms with Crippen LogP contribution < -0.4 is 21.2 Å². The second kappa shape index (κ2) is 15.3. The number of benzene rings is 3. The molecule has 0 heterocycles. The van der Waals surface area contributed by atoms with E-state index in [4.69, 9.17) is 4.74 Å². The molecule has 48 heavy (non-hydrogen) atoms. The standard InChI is InChI=1S/C36H43F6N2O3P/c1-23(2)30(43-32(45)31(24(3)4)44-33(46)47-34(5,6)7)22-48(28-14-10-8-11-15-28,29-16-12-9-13-17-29)21-25-18-26(35(37,38)39)20-27(19-25)36(40,41)42/h8-20,23-24,30-31H,21-22H2,1-7H3,(H-,43,44,45,46)/p+1/t30-,31?/m1/s1. The van der Waals surface area contributed by atoms with Crippen LogP contribution in [0.2, 0.25) is 0 Å². The van der Waals surface area contributed by atoms with E-state index in [0.29, 0.717) is 0 Å². The first-order valence-corrected chi connectivity index (χ1v) is 17.8. The molecule has 0 aromatic heterocycles. The van der Waals surface area contributed by atoms with Gasteiger partial charge in [-0.3, -0.25) is 4.79 Å². The van der Waals surface area contributed by atoms with Gasteiger partial charge in [0.25, 0.3) is 0 Å². The van der Waals surface area contributed by atoms with Crippen molar-refractivity contribution in [3.63, 3.8) is 0 Å². The van der Waals surface area contributed by atoms with E-state index in [-0.39, 0.29) is 35.8 Å². The first kappa shape index (κ1) is 38.9. The molecule has 0 bridgehead atoms. The van der Waals surface area contributed by atoms with Crippen LogP contribution in [0.3, 0.4) is 0 Å². The SMILES string of the molecule is CC(C)C(NC(=O)OC(C)(C)C)C(=O)N[C@H](C[P+](Cc1cc(C(F)(F)F)cc(C(F)(F)F)c1)(c1ccccc1)c1ccccc1)C(C)C. The minimum absolute atomic E-state index is 0.112. The third kappa shape index (κ3) is 10.5. The van der Waals surface area contributed by atoms with E-state index in [0.717, 1.165) is 22.7 Å². The number of carbonyl (C=O) groups is 2. The molecule has 262 valence electrons. The van der Waals surface area contributed by atoms with Gasteiger partial charge in [0, 0.05) is 0 Å². The summed E-state index contributed by atoms with van der Waals surface area (Å²) in [6.07, 6.45) is -10.7. The molecular weight excluding hydrogens is 653 g/mol. The van der Waals surface area contributed by atoms with Crippen molar-refractivity contribution in [3.8, 4) is 0 Å². The normalized spacial score (nSPS) is 14.1. The molecule has 12 heteroatoms. The van der Waals surface area contributed by atoms with Crippen LogP contribution >= 0.6 is 7.26 Å². The number of nitrogens with one attached hydrogen (secondary N) is 2. The molecule has 0 aliphatic carbocycles. The number of alkyl halides is 6. The quantitative estimate of drug-likeness (QED) is 0.156. The number of rotatable bonds is 11. The Labute approximate surface area is 279 Å². The second-order valence-electron chi connectivity index (χ2n) is 13.6. The molecule has 0 saturated heterocycles. The molecule has 0 radical (unpaired) electrons. The topological polar surface area (TPSA) is 67.4 Å². The first-order chi connectivity index (χ1) is 22.1. The Kier molecular flexibility index (Phi) is 12.4. The van der Waals surface area contributed by atoms with Gasteiger partial charge in [-0.25, -0.2) is 4.79 Å². The maximum Gasteiger partial charge on any atom is 0.416 e. The lowest BCUT2D eigenvalue weighted by Gasteiger charge is -2.34. The van der Waals surface area contributed by atoms with Gasteiger partial charge in [0.1, 0.15) is 11.6 Å². The van der Waals surface area contributed by atoms with Crippen LogP contribution in [-0.2, 0) is 28.0 Å². The summed E-state index contributed by atoms with van der Waals surface area (Å²) in [7, 11) is -2.90. The Morgan fingerprint density at radius 2 is 1.17 bits per heavy atom. The van der Waals surface area contributed by atoms with E-state index < -0.39 is 60.4 Å². The summed E-state index contributed by atoms with van der Waals surface area (Å²) in [4.78, 5) is 26.4. The number of hydrogen-bond donors (Lipinski definition) is 2. The molecule has 0 spiro atoms. The van der Waals surface area contributed by atoms with Crippen LogP contribution in [0.1, 0.15) is 65.2 Å². The number of carbonyl (C=O) groups excluding carboxylic acids is 2. The van der Waals surface area contributed by atoms with Crippen molar-refractivity contribution >= 4 is 29.9 Å². The molecular formula is C36H44F6N2O3P+. The van der Waals surface area contributed by atoms with E-state index in [2.05, 4.69) is 10.6 Å². The third-order valence-electron chi connectivity index (χ3n) is 7.86. The minimum Gasteiger partial charge on any atom is -0.444 e. The molecule has 2 atom stereocenters. The van der Waals surface area contributed by atoms with E-state index in [9.17, 15) is 35.9 Å². The van der Waals surface area contributed by atoms with E-state index in [1.54, 1.807) is 71.0 Å². The average molecular weight is 698 g/mol. The zero-order valence-electron chi connectivity index (χ0n) is 28.2. The second-order valence-corrected chi connectivity index (χ2v) is 17.3. The highest BCUT2D eigenvalue weighted by Gasteiger charge is 2.47. The molecule has 0 aliphatic rings. The van der Waals surface area contributed by atoms with Crippen LogP contribution in [-0.4, -0.2) is 35.8 Å². The summed E-state index contributed by atoms with van der Waals surface area (Å²) >= 11 is 0. The maximum atomic E-state index is 14.0. The zero-order chi connectivity index (χ0) is 36.1. The molecule has 1 unspecified atom stereocenters. The fourth-order valence-electron chi connectivity index (χ4n) is 5.46. The number of hydrogen-bond acceptors (Lipinski definition) is 3. The van der Waals surface area contributed by atoms with Gasteiger partial charge in [-0.15, -0.1) is 0 Å². The van der Waals surface area contributed by atoms with Crippen molar-refractivity contribution in [1.82, 2.24) is 10.6 Å². The maximum absolute atomic E-state index is 14.0. The van der Waals surface area contributed by atoms with Crippen LogP contribution in [0.5, 0.6) is 0 Å². The molecule has 5 nitrogen and oxygen atoms in total. The van der Waals surface area contributed by atoms with Crippen molar-refractivity contribution in [3.05, 3.63) is 95.6 Å². The molecule has 0 aliphatic heterocycles. The Morgan fingerprint density at radius 3 is 1.54 bits per heavy atom. The lowest BCUT2D eigenvalue weighted by atomic mass is 10.0. The molecule has 3 aromatic rings. The van der Waals surface area contributed by atoms with E-state index >= 15 is 0 Å². The molecule has 3 rings (SSSR count). The predicted octanol–water partition coefficient (Wildman–Crippen LogP) is 8.58. The number of alkyl carbamates (subject to hydrolysis) is 1. The first-order valence-electron chi connectivity index (χ1n) is 15.7. The summed E-state index contributed by atoms with van der Waals surface area (Å²) in [6.45, 7) is 12.4. The lowest BCUT2D eigenvalue weighted by Crippen LogP contribution is -2.55. The van der Waals surface area contributed by atoms with Crippen molar-refractivity contribution in [2.45, 2.75) is 84.7 Å². The van der Waals surface area contributed by atoms with Gasteiger partial charge in [0.05, 0.1) is 47.4 Å². The highest BCUT2D eigenvalue weighted by Crippen LogP contribution is 2.60. The zero-order valence-corrected chi connectivity index (χ0v) is 29.1. The third-order valence-corrected chi connectivity index (χ3v) is 12.4. The fourth-order valence-corrected chi connectivity index (χ4v) is 10.1. The highest BCUT2D eigenvalue weighted by molar-refractivity contribution is 7.88. The average Bonchev–Trinajstić information content (AvgIpc) is 2.97. The van der Waals surface area contributed by atoms with Gasteiger partial charge in [0.15, 0.2) is 0 Å². The monoisotopic (exact) mass is 697 g/mol. The van der Waals surface area contributed by atoms with Crippen molar-refractivity contribution in [2.24, 2.45) is 11.8 Å². The lowest BCUT2D eigenvalue weighted by molar-refractivity contribution is -0.143. The molecule has 2 N–H and O–H groups in total. The summed E-state index contributed by atoms with van der Waals surface area (Å²) in [5, 5.41) is 7.24. The van der Waals surface area contributed by atoms with Crippen LogP contribution in [0, 0.1) is 11.8 Å². The Morgan fingerprint density at radius 1 is 0.708 bits per heavy atom. The number of amides is 2. The van der Waals surface area contributed by atoms with Crippen LogP contribution in [0.25, 0.3) is 0 Å². The molecule has 3 aromatic carbocycles. The van der Waals surface area contributed by atoms with Gasteiger partial charge in [-0.1, -0.05) is 64.1 Å². The summed E-state index contributed by atoms with van der Waals surface area (Å²) < 4.78 is 89.1. The fraction of sp³-hybridized carbons (Fsp3) is 0.444. The molecule has 0 fully saturated rings. The largest absolute Gasteiger partial charge is 0.444 e. The van der Waals surface area contributed by atoms with Gasteiger partial charge >= 0.3 is 18.4 Å². The van der Waals surface area contributed by atoms with Gasteiger partial charge in [-0.05, 0) is 80.6 Å². The smallest absolute Gasteiger partial charge is 0.416 e. The van der Waals surface area contributed by atoms with Gasteiger partial charge in [0.2, 0.25) is 5.91 Å². The number of halogens is 6. The van der Waals surface area contributed by atoms with Crippen LogP contribution in [0.4, 0.5) is 31.1 Å².